The second kappa shape index (κ2) is 5.66. The van der Waals surface area contributed by atoms with Crippen LogP contribution in [0.3, 0.4) is 0 Å². The molecule has 21 heavy (non-hydrogen) atoms. The summed E-state index contributed by atoms with van der Waals surface area (Å²) >= 11 is 0. The van der Waals surface area contributed by atoms with E-state index in [4.69, 9.17) is 15.2 Å². The lowest BCUT2D eigenvalue weighted by atomic mass is 10.3. The molecule has 0 amide bonds. The highest BCUT2D eigenvalue weighted by molar-refractivity contribution is 5.81. The van der Waals surface area contributed by atoms with Gasteiger partial charge in [-0.05, 0) is 24.3 Å². The predicted octanol–water partition coefficient (Wildman–Crippen LogP) is 1.50. The molecule has 0 atom stereocenters. The Kier molecular flexibility index (Phi) is 3.55. The molecule has 0 aliphatic rings. The van der Waals surface area contributed by atoms with Gasteiger partial charge >= 0.3 is 0 Å². The van der Waals surface area contributed by atoms with Gasteiger partial charge < -0.3 is 19.8 Å². The van der Waals surface area contributed by atoms with Crippen LogP contribution in [0.5, 0.6) is 11.5 Å². The van der Waals surface area contributed by atoms with Gasteiger partial charge in [-0.2, -0.15) is 0 Å². The fourth-order valence-electron chi connectivity index (χ4n) is 2.00. The zero-order chi connectivity index (χ0) is 14.7. The van der Waals surface area contributed by atoms with E-state index in [9.17, 15) is 0 Å². The Labute approximate surface area is 121 Å². The number of nitrogens with zero attached hydrogens (tertiary/aromatic N) is 4. The van der Waals surface area contributed by atoms with Crippen molar-refractivity contribution in [1.29, 1.82) is 0 Å². The van der Waals surface area contributed by atoms with Crippen molar-refractivity contribution in [3.8, 4) is 11.5 Å². The summed E-state index contributed by atoms with van der Waals surface area (Å²) in [5, 5.41) is 0. The second-order valence-electron chi connectivity index (χ2n) is 4.39. The molecule has 0 radical (unpaired) electrons. The van der Waals surface area contributed by atoms with E-state index >= 15 is 0 Å². The third-order valence-electron chi connectivity index (χ3n) is 3.09. The minimum absolute atomic E-state index is 0.384. The quantitative estimate of drug-likeness (QED) is 0.764. The van der Waals surface area contributed by atoms with E-state index in [0.717, 1.165) is 11.5 Å². The molecule has 2 heterocycles. The van der Waals surface area contributed by atoms with E-state index in [1.54, 1.807) is 13.4 Å². The molecule has 1 aromatic carbocycles. The summed E-state index contributed by atoms with van der Waals surface area (Å²) < 4.78 is 12.7. The van der Waals surface area contributed by atoms with Gasteiger partial charge in [-0.3, -0.25) is 0 Å². The highest BCUT2D eigenvalue weighted by Gasteiger charge is 2.07. The molecule has 0 aliphatic heterocycles. The fraction of sp³-hybridized carbons (Fsp3) is 0.214. The van der Waals surface area contributed by atoms with Gasteiger partial charge in [0.25, 0.3) is 0 Å². The van der Waals surface area contributed by atoms with Crippen molar-refractivity contribution in [1.82, 2.24) is 19.5 Å². The minimum Gasteiger partial charge on any atom is -0.497 e. The van der Waals surface area contributed by atoms with Crippen molar-refractivity contribution >= 4 is 17.0 Å². The summed E-state index contributed by atoms with van der Waals surface area (Å²) in [6, 6.07) is 7.45. The Balaban J connectivity index is 1.65. The molecular formula is C14H15N5O2. The van der Waals surface area contributed by atoms with Gasteiger partial charge in [0.15, 0.2) is 11.5 Å². The first-order chi connectivity index (χ1) is 10.3. The van der Waals surface area contributed by atoms with Gasteiger partial charge in [0.1, 0.15) is 29.9 Å². The minimum atomic E-state index is 0.384. The van der Waals surface area contributed by atoms with Gasteiger partial charge in [0, 0.05) is 0 Å². The molecule has 0 saturated heterocycles. The lowest BCUT2D eigenvalue weighted by Gasteiger charge is -2.08. The highest BCUT2D eigenvalue weighted by Crippen LogP contribution is 2.17. The van der Waals surface area contributed by atoms with Crippen molar-refractivity contribution < 1.29 is 9.47 Å². The first-order valence-corrected chi connectivity index (χ1v) is 6.46. The van der Waals surface area contributed by atoms with Crippen molar-refractivity contribution in [2.45, 2.75) is 6.54 Å². The Morgan fingerprint density at radius 2 is 1.86 bits per heavy atom. The topological polar surface area (TPSA) is 88.1 Å². The molecule has 3 rings (SSSR count). The average molecular weight is 285 g/mol. The number of rotatable bonds is 5. The molecule has 0 fully saturated rings. The number of methoxy groups -OCH3 is 1. The molecule has 7 heteroatoms. The molecule has 108 valence electrons. The zero-order valence-electron chi connectivity index (χ0n) is 11.6. The predicted molar refractivity (Wildman–Crippen MR) is 78.2 cm³/mol. The molecule has 0 bridgehead atoms. The number of benzene rings is 1. The van der Waals surface area contributed by atoms with Crippen LogP contribution < -0.4 is 15.2 Å². The lowest BCUT2D eigenvalue weighted by Crippen LogP contribution is -2.08. The largest absolute Gasteiger partial charge is 0.497 e. The summed E-state index contributed by atoms with van der Waals surface area (Å²) in [6.45, 7) is 1.13. The molecular weight excluding hydrogens is 270 g/mol. The third kappa shape index (κ3) is 2.71. The first kappa shape index (κ1) is 13.2. The summed E-state index contributed by atoms with van der Waals surface area (Å²) in [6.07, 6.45) is 3.12. The van der Waals surface area contributed by atoms with Crippen LogP contribution in [0.15, 0.2) is 36.9 Å². The molecule has 3 aromatic rings. The number of hydrogen-bond acceptors (Lipinski definition) is 6. The Bertz CT molecular complexity index is 739. The Morgan fingerprint density at radius 3 is 2.62 bits per heavy atom. The molecule has 0 saturated carbocycles. The number of ether oxygens (including phenoxy) is 2. The highest BCUT2D eigenvalue weighted by atomic mass is 16.5. The molecule has 7 nitrogen and oxygen atoms in total. The maximum Gasteiger partial charge on any atom is 0.165 e. The van der Waals surface area contributed by atoms with Crippen molar-refractivity contribution in [2.75, 3.05) is 19.5 Å². The van der Waals surface area contributed by atoms with Crippen LogP contribution in [0.4, 0.5) is 5.82 Å². The molecule has 0 spiro atoms. The second-order valence-corrected chi connectivity index (χ2v) is 4.39. The fourth-order valence-corrected chi connectivity index (χ4v) is 2.00. The van der Waals surface area contributed by atoms with Crippen LogP contribution in [0, 0.1) is 0 Å². The summed E-state index contributed by atoms with van der Waals surface area (Å²) in [5.41, 5.74) is 7.07. The maximum absolute atomic E-state index is 5.75. The monoisotopic (exact) mass is 285 g/mol. The zero-order valence-corrected chi connectivity index (χ0v) is 11.6. The van der Waals surface area contributed by atoms with E-state index in [1.807, 2.05) is 28.8 Å². The smallest absolute Gasteiger partial charge is 0.165 e. The maximum atomic E-state index is 5.75. The third-order valence-corrected chi connectivity index (χ3v) is 3.09. The van der Waals surface area contributed by atoms with Crippen LogP contribution in [-0.4, -0.2) is 33.2 Å². The number of fused-ring (bicyclic) bond motifs is 1. The van der Waals surface area contributed by atoms with E-state index < -0.39 is 0 Å². The van der Waals surface area contributed by atoms with Crippen LogP contribution in [0.1, 0.15) is 0 Å². The van der Waals surface area contributed by atoms with Gasteiger partial charge in [-0.25, -0.2) is 15.0 Å². The van der Waals surface area contributed by atoms with Crippen LogP contribution in [0.2, 0.25) is 0 Å². The van der Waals surface area contributed by atoms with Gasteiger partial charge in [0.05, 0.1) is 20.0 Å². The number of anilines is 1. The number of aromatic nitrogens is 4. The Morgan fingerprint density at radius 1 is 1.10 bits per heavy atom. The number of nitrogen functional groups attached to an aromatic ring is 1. The average Bonchev–Trinajstić information content (AvgIpc) is 2.93. The number of nitrogens with two attached hydrogens (primary N) is 1. The van der Waals surface area contributed by atoms with Gasteiger partial charge in [-0.15, -0.1) is 0 Å². The van der Waals surface area contributed by atoms with Gasteiger partial charge in [-0.1, -0.05) is 0 Å². The van der Waals surface area contributed by atoms with Crippen molar-refractivity contribution in [3.05, 3.63) is 36.9 Å². The molecule has 2 aromatic heterocycles. The van der Waals surface area contributed by atoms with Crippen LogP contribution in [-0.2, 0) is 6.54 Å². The molecule has 0 unspecified atom stereocenters. The Hall–Kier alpha value is -2.83. The number of imidazole rings is 1. The van der Waals surface area contributed by atoms with E-state index in [2.05, 4.69) is 15.0 Å². The van der Waals surface area contributed by atoms with E-state index in [1.165, 1.54) is 6.33 Å². The molecule has 0 aliphatic carbocycles. The normalized spacial score (nSPS) is 10.7. The lowest BCUT2D eigenvalue weighted by molar-refractivity contribution is 0.299. The SMILES string of the molecule is COc1ccc(OCCn2cnc3c(N)ncnc32)cc1. The summed E-state index contributed by atoms with van der Waals surface area (Å²) in [5.74, 6) is 1.97. The van der Waals surface area contributed by atoms with Crippen LogP contribution >= 0.6 is 0 Å². The van der Waals surface area contributed by atoms with Crippen molar-refractivity contribution in [2.24, 2.45) is 0 Å². The van der Waals surface area contributed by atoms with E-state index in [-0.39, 0.29) is 0 Å². The van der Waals surface area contributed by atoms with Gasteiger partial charge in [0.2, 0.25) is 0 Å². The van der Waals surface area contributed by atoms with E-state index in [0.29, 0.717) is 30.1 Å². The molecule has 2 N–H and O–H groups in total. The summed E-state index contributed by atoms with van der Waals surface area (Å²) in [4.78, 5) is 12.3. The van der Waals surface area contributed by atoms with Crippen LogP contribution in [0.25, 0.3) is 11.2 Å². The first-order valence-electron chi connectivity index (χ1n) is 6.46. The number of hydrogen-bond donors (Lipinski definition) is 1. The summed E-state index contributed by atoms with van der Waals surface area (Å²) in [7, 11) is 1.63. The standard InChI is InChI=1S/C14H15N5O2/c1-20-10-2-4-11(5-3-10)21-7-6-19-9-18-12-13(15)16-8-17-14(12)19/h2-5,8-9H,6-7H2,1H3,(H2,15,16,17). The van der Waals surface area contributed by atoms with Crippen molar-refractivity contribution in [3.63, 3.8) is 0 Å².